The number of H-pyrrole nitrogens is 1. The average molecular weight is 1170 g/mol. The zero-order chi connectivity index (χ0) is 38.5. The summed E-state index contributed by atoms with van der Waals surface area (Å²) in [5.74, 6) is -0.143. The van der Waals surface area contributed by atoms with Crippen molar-refractivity contribution in [2.75, 3.05) is 27.4 Å². The molecule has 4 aromatic rings. The first-order valence-electron chi connectivity index (χ1n) is 14.5. The minimum atomic E-state index is -0.863. The van der Waals surface area contributed by atoms with Crippen LogP contribution in [0.15, 0.2) is 65.7 Å². The molecule has 13 nitrogen and oxygen atoms in total. The largest absolute Gasteiger partial charge is 0.456 e. The minimum Gasteiger partial charge on any atom is -0.456 e. The van der Waals surface area contributed by atoms with Crippen LogP contribution in [0.4, 0.5) is 10.1 Å². The molecule has 2 heterocycles. The van der Waals surface area contributed by atoms with E-state index in [2.05, 4.69) is 23.1 Å². The molecule has 2 radical (unpaired) electrons. The number of hydrogen-bond acceptors (Lipinski definition) is 11. The molecule has 0 saturated heterocycles. The van der Waals surface area contributed by atoms with Crippen molar-refractivity contribution in [2.24, 2.45) is 0 Å². The number of halogens is 3. The molecule has 2 aromatic heterocycles. The molecule has 0 aliphatic heterocycles. The summed E-state index contributed by atoms with van der Waals surface area (Å²) in [7, 11) is 6.68. The summed E-state index contributed by atoms with van der Waals surface area (Å²) in [5, 5.41) is 27.9. The molecule has 2 aromatic carbocycles. The van der Waals surface area contributed by atoms with Crippen LogP contribution in [0.2, 0.25) is 10.0 Å². The molecule has 0 amide bonds. The second-order valence-electron chi connectivity index (χ2n) is 9.74. The van der Waals surface area contributed by atoms with Gasteiger partial charge < -0.3 is 26.6 Å². The fourth-order valence-corrected chi connectivity index (χ4v) is 4.28. The summed E-state index contributed by atoms with van der Waals surface area (Å²) in [5.41, 5.74) is 1.20. The number of Topliss-reactive ketones (excluding diaryl/α,β-unsaturated/α-hetero) is 2. The summed E-state index contributed by atoms with van der Waals surface area (Å²) in [6.45, 7) is 1.94. The number of hydrogen-bond donors (Lipinski definition) is 1. The summed E-state index contributed by atoms with van der Waals surface area (Å²) in [6, 6.07) is 14.8. The zero-order valence-electron chi connectivity index (χ0n) is 29.7. The van der Waals surface area contributed by atoms with E-state index in [1.54, 1.807) is 30.5 Å². The zero-order valence-corrected chi connectivity index (χ0v) is 36.6. The summed E-state index contributed by atoms with van der Waals surface area (Å²) >= 11 is 11.5. The fraction of sp³-hybridized carbons (Fsp3) is 0.206. The third kappa shape index (κ3) is 17.8. The van der Waals surface area contributed by atoms with Gasteiger partial charge in [-0.25, -0.2) is 4.39 Å². The first kappa shape index (κ1) is 51.4. The van der Waals surface area contributed by atoms with Crippen LogP contribution in [0.1, 0.15) is 28.1 Å². The molecule has 0 unspecified atom stereocenters. The molecule has 0 spiro atoms. The van der Waals surface area contributed by atoms with Gasteiger partial charge in [0.2, 0.25) is 0 Å². The van der Waals surface area contributed by atoms with Gasteiger partial charge in [-0.2, -0.15) is 10.5 Å². The molecule has 53 heavy (non-hydrogen) atoms. The monoisotopic (exact) mass is 1170 g/mol. The van der Waals surface area contributed by atoms with Crippen LogP contribution in [0.3, 0.4) is 0 Å². The quantitative estimate of drug-likeness (QED) is 0.0843. The van der Waals surface area contributed by atoms with E-state index in [0.717, 1.165) is 17.7 Å². The van der Waals surface area contributed by atoms with E-state index in [0.29, 0.717) is 27.9 Å². The number of nitriles is 2. The van der Waals surface area contributed by atoms with Crippen molar-refractivity contribution in [1.82, 2.24) is 9.97 Å². The number of nitro groups is 1. The van der Waals surface area contributed by atoms with Crippen LogP contribution < -0.4 is 10.2 Å². The van der Waals surface area contributed by atoms with Gasteiger partial charge in [0.1, 0.15) is 58.8 Å². The van der Waals surface area contributed by atoms with Crippen LogP contribution in [0.5, 0.6) is 11.5 Å². The van der Waals surface area contributed by atoms with Gasteiger partial charge >= 0.3 is 0 Å². The molecule has 0 bridgehead atoms. The Balaban J connectivity index is -0.000000728. The Kier molecular flexibility index (Phi) is 27.0. The maximum absolute atomic E-state index is 12.8. The molecule has 1 N–H and O–H groups in total. The van der Waals surface area contributed by atoms with Crippen molar-refractivity contribution in [3.8, 4) is 23.6 Å². The van der Waals surface area contributed by atoms with Gasteiger partial charge in [0.15, 0.2) is 17.0 Å². The van der Waals surface area contributed by atoms with E-state index >= 15 is 0 Å². The second-order valence-corrected chi connectivity index (χ2v) is 10.5. The molecule has 0 atom stereocenters. The van der Waals surface area contributed by atoms with Gasteiger partial charge in [-0.05, 0) is 32.0 Å². The van der Waals surface area contributed by atoms with Gasteiger partial charge in [0.25, 0.3) is 5.69 Å². The van der Waals surface area contributed by atoms with Gasteiger partial charge in [-0.15, -0.1) is 0 Å². The molecular formula is C34H32BCl2FN5O8PtU-. The molecule has 4 rings (SSSR count). The Bertz CT molecular complexity index is 1990. The number of benzene rings is 2. The van der Waals surface area contributed by atoms with Crippen LogP contribution in [0.25, 0.3) is 0 Å². The molecule has 0 aliphatic rings. The Morgan fingerprint density at radius 3 is 2.15 bits per heavy atom. The van der Waals surface area contributed by atoms with Crippen molar-refractivity contribution in [3.63, 3.8) is 0 Å². The second kappa shape index (κ2) is 27.8. The molecule has 0 fully saturated rings. The molecular weight excluding hydrogens is 1140 g/mol. The maximum atomic E-state index is 12.8. The minimum absolute atomic E-state index is 0. The van der Waals surface area contributed by atoms with Crippen molar-refractivity contribution in [2.45, 2.75) is 19.8 Å². The van der Waals surface area contributed by atoms with Crippen LogP contribution in [0, 0.1) is 84.1 Å². The van der Waals surface area contributed by atoms with Gasteiger partial charge in [0.05, 0.1) is 22.1 Å². The predicted molar refractivity (Wildman–Crippen MR) is 190 cm³/mol. The first-order chi connectivity index (χ1) is 24.3. The van der Waals surface area contributed by atoms with E-state index in [-0.39, 0.29) is 108 Å². The predicted octanol–water partition coefficient (Wildman–Crippen LogP) is 5.66. The summed E-state index contributed by atoms with van der Waals surface area (Å²) < 4.78 is 33.2. The summed E-state index contributed by atoms with van der Waals surface area (Å²) in [4.78, 5) is 50.0. The number of carbonyl (C=O) groups excluding carboxylic acids is 2. The first-order valence-corrected chi connectivity index (χ1v) is 14.6. The van der Waals surface area contributed by atoms with Gasteiger partial charge in [-0.1, -0.05) is 29.3 Å². The Hall–Kier alpha value is -3.70. The van der Waals surface area contributed by atoms with Crippen molar-refractivity contribution >= 4 is 48.8 Å². The van der Waals surface area contributed by atoms with Crippen molar-refractivity contribution < 1.29 is 85.3 Å². The molecule has 280 valence electrons. The number of nitrogens with zero attached hydrogens (tertiary/aromatic N) is 4. The van der Waals surface area contributed by atoms with Crippen molar-refractivity contribution in [1.29, 1.82) is 11.9 Å². The Labute approximate surface area is 356 Å². The Morgan fingerprint density at radius 1 is 1.00 bits per heavy atom. The SMILES string of the molecule is COCC(=O)Cc1cc(=O)cc[nH]1.COCC(=O)Cc1cc(Oc2ccc(C)c(Cl)c2C#N)ccn1.N#Cc1c(F)ccc([N+](=O)[O-])c1Cl.[2H][B].[CH3-].[Pt].[U]. The summed E-state index contributed by atoms with van der Waals surface area (Å²) in [6.07, 6.45) is 3.44. The number of methoxy groups -OCH3 is 2. The van der Waals surface area contributed by atoms with Crippen LogP contribution in [-0.4, -0.2) is 63.6 Å². The van der Waals surface area contributed by atoms with Crippen LogP contribution in [-0.2, 0) is 53.0 Å². The smallest absolute Gasteiger partial charge is 0.289 e. The van der Waals surface area contributed by atoms with E-state index in [1.807, 2.05) is 13.0 Å². The number of ketones is 2. The number of pyridine rings is 2. The van der Waals surface area contributed by atoms with Gasteiger partial charge in [-0.3, -0.25) is 29.5 Å². The number of aromatic amines is 1. The number of nitrogens with one attached hydrogen (secondary N) is 1. The molecule has 0 saturated carbocycles. The average Bonchev–Trinajstić information content (AvgIpc) is 3.08. The van der Waals surface area contributed by atoms with Crippen molar-refractivity contribution in [3.05, 3.63) is 133 Å². The number of carbonyl (C=O) groups is 2. The van der Waals surface area contributed by atoms with Gasteiger partial charge in [0, 0.05) is 124 Å². The van der Waals surface area contributed by atoms with E-state index < -0.39 is 27.0 Å². The van der Waals surface area contributed by atoms with Crippen LogP contribution >= 0.6 is 23.2 Å². The van der Waals surface area contributed by atoms with E-state index in [4.69, 9.17) is 39.3 Å². The van der Waals surface area contributed by atoms with E-state index in [1.165, 1.54) is 38.6 Å². The molecule has 0 aliphatic carbocycles. The number of rotatable bonds is 11. The standard InChI is InChI=1S/C17H15ClN2O3.C9H11NO3.C7H2ClFN2O2.CH3.BH.Pt.U/c1-11-3-4-16(15(9-19)17(11)18)23-14-5-6-20-12(8-14)7-13(21)10-22-2;1-13-6-9(12)5-7-4-8(11)2-3-10-7;8-7-4(3-10)5(9)1-2-6(7)11(12)13;;;;/h3-6,8H,7,10H2,1-2H3;2-4H,5-6H2,1H3,(H,10,11);1-2H;1H3;1H;;/q;;;-1;;;/i;;;;1D;;. The third-order valence-electron chi connectivity index (χ3n) is 6.01. The third-order valence-corrected chi connectivity index (χ3v) is 6.88. The Morgan fingerprint density at radius 2 is 1.60 bits per heavy atom. The number of aryl methyl sites for hydroxylation is 1. The normalized spacial score (nSPS) is 9.25. The number of aromatic nitrogens is 2. The number of ether oxygens (including phenoxy) is 3. The topological polar surface area (TPSA) is 198 Å². The fourth-order valence-electron chi connectivity index (χ4n) is 3.81. The van der Waals surface area contributed by atoms with E-state index in [9.17, 15) is 34.2 Å². The maximum Gasteiger partial charge on any atom is 0.289 e. The number of nitro benzene ring substituents is 1. The molecule has 19 heteroatoms.